The van der Waals surface area contributed by atoms with Crippen LogP contribution in [0.5, 0.6) is 0 Å². The molecule has 2 saturated heterocycles. The van der Waals surface area contributed by atoms with E-state index in [2.05, 4.69) is 0 Å². The van der Waals surface area contributed by atoms with Crippen LogP contribution < -0.4 is 0 Å². The standard InChI is InChI=1S/C11H20O7/c1-15-10-2-7(14)9(18-10)5-16-11-3-6(13)8(4-12)17-11/h6-14H,2-5H2,1H3/t6-,7-,8+,9+,10?,11?/m0/s1. The second-order valence-corrected chi connectivity index (χ2v) is 4.57. The molecule has 2 aliphatic rings. The van der Waals surface area contributed by atoms with E-state index in [4.69, 9.17) is 24.1 Å². The molecule has 0 radical (unpaired) electrons. The first-order valence-electron chi connectivity index (χ1n) is 6.06. The number of methoxy groups -OCH3 is 1. The van der Waals surface area contributed by atoms with Gasteiger partial charge in [0.1, 0.15) is 12.2 Å². The molecule has 0 aromatic rings. The van der Waals surface area contributed by atoms with Gasteiger partial charge in [-0.25, -0.2) is 0 Å². The van der Waals surface area contributed by atoms with Crippen molar-refractivity contribution in [2.75, 3.05) is 20.3 Å². The minimum atomic E-state index is -0.721. The topological polar surface area (TPSA) is 97.6 Å². The minimum absolute atomic E-state index is 0.163. The Labute approximate surface area is 105 Å². The van der Waals surface area contributed by atoms with E-state index < -0.39 is 37.0 Å². The zero-order valence-electron chi connectivity index (χ0n) is 10.3. The Morgan fingerprint density at radius 3 is 2.22 bits per heavy atom. The maximum atomic E-state index is 9.70. The number of aliphatic hydroxyl groups excluding tert-OH is 3. The Morgan fingerprint density at radius 2 is 1.67 bits per heavy atom. The van der Waals surface area contributed by atoms with Gasteiger partial charge in [-0.1, -0.05) is 0 Å². The third kappa shape index (κ3) is 3.18. The van der Waals surface area contributed by atoms with Gasteiger partial charge in [0.2, 0.25) is 0 Å². The third-order valence-electron chi connectivity index (χ3n) is 3.27. The van der Waals surface area contributed by atoms with Gasteiger partial charge in [-0.05, 0) is 0 Å². The largest absolute Gasteiger partial charge is 0.394 e. The van der Waals surface area contributed by atoms with Crippen molar-refractivity contribution in [1.82, 2.24) is 0 Å². The van der Waals surface area contributed by atoms with Crippen LogP contribution in [0.25, 0.3) is 0 Å². The second-order valence-electron chi connectivity index (χ2n) is 4.57. The first kappa shape index (κ1) is 14.1. The molecule has 3 N–H and O–H groups in total. The highest BCUT2D eigenvalue weighted by atomic mass is 16.7. The highest BCUT2D eigenvalue weighted by molar-refractivity contribution is 4.80. The molecule has 2 rings (SSSR count). The van der Waals surface area contributed by atoms with Crippen molar-refractivity contribution in [2.24, 2.45) is 0 Å². The average Bonchev–Trinajstić information content (AvgIpc) is 2.89. The molecule has 0 saturated carbocycles. The SMILES string of the molecule is COC1C[C@H](O)[C@@H](COC2C[C@H](O)[C@@H](CO)O2)O1. The first-order chi connectivity index (χ1) is 8.63. The zero-order chi connectivity index (χ0) is 13.1. The van der Waals surface area contributed by atoms with Crippen molar-refractivity contribution in [3.63, 3.8) is 0 Å². The molecule has 18 heavy (non-hydrogen) atoms. The molecule has 0 aromatic heterocycles. The van der Waals surface area contributed by atoms with E-state index in [-0.39, 0.29) is 13.2 Å². The van der Waals surface area contributed by atoms with Crippen molar-refractivity contribution in [2.45, 2.75) is 49.8 Å². The van der Waals surface area contributed by atoms with Crippen molar-refractivity contribution in [3.05, 3.63) is 0 Å². The zero-order valence-corrected chi connectivity index (χ0v) is 10.3. The summed E-state index contributed by atoms with van der Waals surface area (Å²) in [4.78, 5) is 0. The first-order valence-corrected chi connectivity index (χ1v) is 6.06. The van der Waals surface area contributed by atoms with Crippen LogP contribution in [0.2, 0.25) is 0 Å². The summed E-state index contributed by atoms with van der Waals surface area (Å²) >= 11 is 0. The van der Waals surface area contributed by atoms with Gasteiger partial charge in [-0.3, -0.25) is 0 Å². The summed E-state index contributed by atoms with van der Waals surface area (Å²) < 4.78 is 21.1. The van der Waals surface area contributed by atoms with Gasteiger partial charge in [0, 0.05) is 20.0 Å². The average molecular weight is 264 g/mol. The molecule has 7 heteroatoms. The van der Waals surface area contributed by atoms with E-state index in [0.717, 1.165) is 0 Å². The Hall–Kier alpha value is -0.280. The van der Waals surface area contributed by atoms with Gasteiger partial charge in [0.15, 0.2) is 12.6 Å². The van der Waals surface area contributed by atoms with Crippen LogP contribution >= 0.6 is 0 Å². The molecule has 6 atom stereocenters. The highest BCUT2D eigenvalue weighted by Gasteiger charge is 2.37. The summed E-state index contributed by atoms with van der Waals surface area (Å²) in [6, 6.07) is 0. The van der Waals surface area contributed by atoms with Gasteiger partial charge in [-0.15, -0.1) is 0 Å². The van der Waals surface area contributed by atoms with Crippen molar-refractivity contribution >= 4 is 0 Å². The Kier molecular flexibility index (Phi) is 4.91. The maximum Gasteiger partial charge on any atom is 0.160 e. The van der Waals surface area contributed by atoms with E-state index in [9.17, 15) is 10.2 Å². The van der Waals surface area contributed by atoms with Gasteiger partial charge in [-0.2, -0.15) is 0 Å². The minimum Gasteiger partial charge on any atom is -0.394 e. The van der Waals surface area contributed by atoms with Crippen LogP contribution in [0, 0.1) is 0 Å². The number of hydrogen-bond acceptors (Lipinski definition) is 7. The molecule has 106 valence electrons. The summed E-state index contributed by atoms with van der Waals surface area (Å²) in [5.41, 5.74) is 0. The number of rotatable bonds is 5. The Balaban J connectivity index is 1.72. The fraction of sp³-hybridized carbons (Fsp3) is 1.00. The Morgan fingerprint density at radius 1 is 1.06 bits per heavy atom. The normalized spacial score (nSPS) is 44.7. The van der Waals surface area contributed by atoms with Gasteiger partial charge in [0.25, 0.3) is 0 Å². The van der Waals surface area contributed by atoms with E-state index in [0.29, 0.717) is 12.8 Å². The third-order valence-corrected chi connectivity index (χ3v) is 3.27. The molecule has 2 unspecified atom stereocenters. The van der Waals surface area contributed by atoms with E-state index in [1.807, 2.05) is 0 Å². The van der Waals surface area contributed by atoms with Crippen LogP contribution in [0.15, 0.2) is 0 Å². The van der Waals surface area contributed by atoms with Crippen LogP contribution in [0.4, 0.5) is 0 Å². The van der Waals surface area contributed by atoms with Crippen molar-refractivity contribution in [3.8, 4) is 0 Å². The van der Waals surface area contributed by atoms with Crippen LogP contribution in [-0.4, -0.2) is 72.6 Å². The fourth-order valence-corrected chi connectivity index (χ4v) is 2.16. The molecular formula is C11H20O7. The summed E-state index contributed by atoms with van der Waals surface area (Å²) in [6.07, 6.45) is -2.67. The molecule has 0 bridgehead atoms. The van der Waals surface area contributed by atoms with Gasteiger partial charge in [0.05, 0.1) is 25.4 Å². The van der Waals surface area contributed by atoms with Crippen molar-refractivity contribution < 1.29 is 34.3 Å². The Bertz CT molecular complexity index is 262. The molecule has 0 amide bonds. The molecule has 0 spiro atoms. The van der Waals surface area contributed by atoms with Crippen LogP contribution in [0.3, 0.4) is 0 Å². The predicted octanol–water partition coefficient (Wildman–Crippen LogP) is -1.41. The lowest BCUT2D eigenvalue weighted by Crippen LogP contribution is -2.29. The van der Waals surface area contributed by atoms with Gasteiger partial charge < -0.3 is 34.3 Å². The van der Waals surface area contributed by atoms with Crippen molar-refractivity contribution in [1.29, 1.82) is 0 Å². The molecule has 7 nitrogen and oxygen atoms in total. The molecule has 0 aromatic carbocycles. The summed E-state index contributed by atoms with van der Waals surface area (Å²) in [7, 11) is 1.52. The highest BCUT2D eigenvalue weighted by Crippen LogP contribution is 2.24. The number of ether oxygens (including phenoxy) is 4. The lowest BCUT2D eigenvalue weighted by Gasteiger charge is -2.18. The van der Waals surface area contributed by atoms with Gasteiger partial charge >= 0.3 is 0 Å². The van der Waals surface area contributed by atoms with E-state index in [1.54, 1.807) is 0 Å². The smallest absolute Gasteiger partial charge is 0.160 e. The summed E-state index contributed by atoms with van der Waals surface area (Å²) in [6.45, 7) is -0.0775. The van der Waals surface area contributed by atoms with Crippen LogP contribution in [0.1, 0.15) is 12.8 Å². The monoisotopic (exact) mass is 264 g/mol. The molecule has 2 heterocycles. The molecule has 2 aliphatic heterocycles. The molecule has 2 fully saturated rings. The fourth-order valence-electron chi connectivity index (χ4n) is 2.16. The quantitative estimate of drug-likeness (QED) is 0.561. The van der Waals surface area contributed by atoms with Crippen LogP contribution in [-0.2, 0) is 18.9 Å². The summed E-state index contributed by atoms with van der Waals surface area (Å²) in [5.74, 6) is 0. The lowest BCUT2D eigenvalue weighted by molar-refractivity contribution is -0.182. The molecular weight excluding hydrogens is 244 g/mol. The number of hydrogen-bond donors (Lipinski definition) is 3. The second kappa shape index (κ2) is 6.25. The number of aliphatic hydroxyl groups is 3. The summed E-state index contributed by atoms with van der Waals surface area (Å²) in [5, 5.41) is 28.1. The molecule has 0 aliphatic carbocycles. The van der Waals surface area contributed by atoms with E-state index in [1.165, 1.54) is 7.11 Å². The van der Waals surface area contributed by atoms with E-state index >= 15 is 0 Å². The maximum absolute atomic E-state index is 9.70. The lowest BCUT2D eigenvalue weighted by atomic mass is 10.2. The predicted molar refractivity (Wildman–Crippen MR) is 58.6 cm³/mol.